The summed E-state index contributed by atoms with van der Waals surface area (Å²) in [6.07, 6.45) is 5.92. The van der Waals surface area contributed by atoms with Crippen molar-refractivity contribution >= 4 is 35.3 Å². The first kappa shape index (κ1) is 22.7. The quantitative estimate of drug-likeness (QED) is 0.494. The highest BCUT2D eigenvalue weighted by Crippen LogP contribution is 2.33. The third-order valence-corrected chi connectivity index (χ3v) is 7.28. The van der Waals surface area contributed by atoms with Crippen molar-refractivity contribution in [3.8, 4) is 0 Å². The Morgan fingerprint density at radius 1 is 1.12 bits per heavy atom. The maximum atomic E-state index is 13.2. The van der Waals surface area contributed by atoms with Crippen LogP contribution in [-0.4, -0.2) is 50.7 Å². The van der Waals surface area contributed by atoms with Gasteiger partial charge >= 0.3 is 0 Å². The van der Waals surface area contributed by atoms with E-state index in [2.05, 4.69) is 20.2 Å². The van der Waals surface area contributed by atoms with Gasteiger partial charge in [0.05, 0.1) is 0 Å². The van der Waals surface area contributed by atoms with Gasteiger partial charge < -0.3 is 15.5 Å². The zero-order valence-electron chi connectivity index (χ0n) is 18.7. The van der Waals surface area contributed by atoms with Gasteiger partial charge in [0, 0.05) is 43.4 Å². The van der Waals surface area contributed by atoms with Gasteiger partial charge in [-0.3, -0.25) is 19.7 Å². The summed E-state index contributed by atoms with van der Waals surface area (Å²) in [4.78, 5) is 49.9. The van der Waals surface area contributed by atoms with Gasteiger partial charge in [-0.05, 0) is 55.4 Å². The second-order valence-corrected chi connectivity index (χ2v) is 9.61. The van der Waals surface area contributed by atoms with E-state index in [1.54, 1.807) is 23.2 Å². The molecule has 3 amide bonds. The largest absolute Gasteiger partial charge is 0.333 e. The monoisotopic (exact) mass is 482 g/mol. The molecule has 1 aromatic carbocycles. The molecule has 1 aliphatic carbocycles. The molecule has 3 N–H and O–H groups in total. The molecule has 1 atom stereocenters. The lowest BCUT2D eigenvalue weighted by Crippen LogP contribution is -2.52. The molecule has 0 spiro atoms. The van der Waals surface area contributed by atoms with Gasteiger partial charge in [-0.15, -0.1) is 0 Å². The Kier molecular flexibility index (Phi) is 6.22. The van der Waals surface area contributed by atoms with E-state index >= 15 is 0 Å². The number of fused-ring (bicyclic) bond motifs is 1. The average Bonchev–Trinajstić information content (AvgIpc) is 3.15. The molecular formula is C24H27ClN6O3. The van der Waals surface area contributed by atoms with Crippen LogP contribution in [0.2, 0.25) is 5.15 Å². The third-order valence-electron chi connectivity index (χ3n) is 7.07. The Bertz CT molecular complexity index is 1130. The molecule has 0 bridgehead atoms. The van der Waals surface area contributed by atoms with Crippen molar-refractivity contribution in [2.75, 3.05) is 4.90 Å². The number of hydrogen-bond donors (Lipinski definition) is 2. The molecule has 5 rings (SSSR count). The van der Waals surface area contributed by atoms with Crippen LogP contribution in [0.3, 0.4) is 0 Å². The summed E-state index contributed by atoms with van der Waals surface area (Å²) in [5, 5.41) is 2.73. The number of nitrogens with zero attached hydrogens (tertiary/aromatic N) is 4. The minimum atomic E-state index is -0.641. The Morgan fingerprint density at radius 2 is 1.91 bits per heavy atom. The lowest BCUT2D eigenvalue weighted by atomic mass is 9.90. The lowest BCUT2D eigenvalue weighted by molar-refractivity contribution is -0.136. The number of nitrogens with two attached hydrogens (primary N) is 1. The molecule has 3 heterocycles. The molecule has 2 aliphatic heterocycles. The Hall–Kier alpha value is -3.04. The molecule has 1 saturated carbocycles. The summed E-state index contributed by atoms with van der Waals surface area (Å²) in [7, 11) is 0. The summed E-state index contributed by atoms with van der Waals surface area (Å²) in [6.45, 7) is 0.844. The fourth-order valence-electron chi connectivity index (χ4n) is 5.22. The summed E-state index contributed by atoms with van der Waals surface area (Å²) in [5.74, 6) is -0.334. The van der Waals surface area contributed by atoms with Crippen LogP contribution in [0.25, 0.3) is 0 Å². The molecule has 34 heavy (non-hydrogen) atoms. The number of hydrogen-bond acceptors (Lipinski definition) is 7. The molecule has 178 valence electrons. The summed E-state index contributed by atoms with van der Waals surface area (Å²) in [5.41, 5.74) is 8.62. The van der Waals surface area contributed by atoms with Gasteiger partial charge in [0.2, 0.25) is 17.8 Å². The van der Waals surface area contributed by atoms with Crippen LogP contribution in [0.1, 0.15) is 60.0 Å². The molecule has 9 nitrogen and oxygen atoms in total. The van der Waals surface area contributed by atoms with Crippen molar-refractivity contribution < 1.29 is 14.4 Å². The molecule has 1 unspecified atom stereocenters. The van der Waals surface area contributed by atoms with Crippen LogP contribution >= 0.6 is 11.6 Å². The highest BCUT2D eigenvalue weighted by Gasteiger charge is 2.40. The molecule has 10 heteroatoms. The smallest absolute Gasteiger partial charge is 0.255 e. The maximum absolute atomic E-state index is 13.2. The number of amides is 3. The van der Waals surface area contributed by atoms with Gasteiger partial charge in [-0.1, -0.05) is 23.7 Å². The van der Waals surface area contributed by atoms with E-state index in [1.807, 2.05) is 12.1 Å². The number of carbonyl (C=O) groups excluding carboxylic acids is 3. The Balaban J connectivity index is 1.44. The SMILES string of the molecule is NC1CCC(N(Cc2cccc3c2CN(C2CCC(=O)NC2=O)C3=O)c2nccc(Cl)n2)CC1. The second kappa shape index (κ2) is 9.31. The van der Waals surface area contributed by atoms with E-state index in [0.29, 0.717) is 36.2 Å². The third kappa shape index (κ3) is 4.37. The molecule has 3 aliphatic rings. The molecular weight excluding hydrogens is 456 g/mol. The summed E-state index contributed by atoms with van der Waals surface area (Å²) >= 11 is 6.19. The number of rotatable bonds is 5. The number of benzene rings is 1. The van der Waals surface area contributed by atoms with Crippen LogP contribution in [0.4, 0.5) is 5.95 Å². The Morgan fingerprint density at radius 3 is 2.65 bits per heavy atom. The number of aromatic nitrogens is 2. The van der Waals surface area contributed by atoms with Crippen molar-refractivity contribution in [3.05, 3.63) is 52.3 Å². The number of piperidine rings is 1. The predicted octanol–water partition coefficient (Wildman–Crippen LogP) is 2.17. The van der Waals surface area contributed by atoms with Crippen LogP contribution in [-0.2, 0) is 22.7 Å². The Labute approximate surface area is 202 Å². The van der Waals surface area contributed by atoms with Gasteiger partial charge in [0.15, 0.2) is 0 Å². The zero-order valence-corrected chi connectivity index (χ0v) is 19.5. The van der Waals surface area contributed by atoms with Crippen molar-refractivity contribution in [2.24, 2.45) is 5.73 Å². The minimum Gasteiger partial charge on any atom is -0.333 e. The van der Waals surface area contributed by atoms with Crippen molar-refractivity contribution in [2.45, 2.75) is 69.7 Å². The topological polar surface area (TPSA) is 122 Å². The molecule has 2 fully saturated rings. The van der Waals surface area contributed by atoms with Crippen molar-refractivity contribution in [3.63, 3.8) is 0 Å². The van der Waals surface area contributed by atoms with E-state index in [9.17, 15) is 14.4 Å². The predicted molar refractivity (Wildman–Crippen MR) is 126 cm³/mol. The highest BCUT2D eigenvalue weighted by atomic mass is 35.5. The van der Waals surface area contributed by atoms with Crippen molar-refractivity contribution in [1.29, 1.82) is 0 Å². The zero-order chi connectivity index (χ0) is 23.8. The van der Waals surface area contributed by atoms with Crippen LogP contribution in [0.5, 0.6) is 0 Å². The number of halogens is 1. The average molecular weight is 483 g/mol. The first-order valence-electron chi connectivity index (χ1n) is 11.7. The highest BCUT2D eigenvalue weighted by molar-refractivity contribution is 6.29. The summed E-state index contributed by atoms with van der Waals surface area (Å²) in [6, 6.07) is 7.10. The number of imide groups is 1. The number of carbonyl (C=O) groups is 3. The fraction of sp³-hybridized carbons (Fsp3) is 0.458. The van der Waals surface area contributed by atoms with E-state index in [0.717, 1.165) is 36.8 Å². The molecule has 0 radical (unpaired) electrons. The van der Waals surface area contributed by atoms with Gasteiger partial charge in [-0.25, -0.2) is 9.97 Å². The molecule has 1 aromatic heterocycles. The van der Waals surface area contributed by atoms with Gasteiger partial charge in [0.1, 0.15) is 11.2 Å². The van der Waals surface area contributed by atoms with Crippen LogP contribution in [0, 0.1) is 0 Å². The fourth-order valence-corrected chi connectivity index (χ4v) is 5.36. The maximum Gasteiger partial charge on any atom is 0.255 e. The molecule has 2 aromatic rings. The first-order chi connectivity index (χ1) is 16.4. The first-order valence-corrected chi connectivity index (χ1v) is 12.0. The normalized spacial score (nSPS) is 24.7. The van der Waals surface area contributed by atoms with E-state index in [1.165, 1.54) is 0 Å². The van der Waals surface area contributed by atoms with Crippen LogP contribution in [0.15, 0.2) is 30.5 Å². The number of nitrogens with one attached hydrogen (secondary N) is 1. The van der Waals surface area contributed by atoms with E-state index in [4.69, 9.17) is 17.3 Å². The van der Waals surface area contributed by atoms with Crippen molar-refractivity contribution in [1.82, 2.24) is 20.2 Å². The molecule has 1 saturated heterocycles. The second-order valence-electron chi connectivity index (χ2n) is 9.22. The van der Waals surface area contributed by atoms with Gasteiger partial charge in [0.25, 0.3) is 5.91 Å². The summed E-state index contributed by atoms with van der Waals surface area (Å²) < 4.78 is 0. The number of anilines is 1. The van der Waals surface area contributed by atoms with Gasteiger partial charge in [-0.2, -0.15) is 0 Å². The standard InChI is InChI=1S/C24H27ClN6O3/c25-20-10-11-27-24(28-20)30(16-6-4-15(26)5-7-16)12-14-2-1-3-17-18(14)13-31(23(17)34)19-8-9-21(32)29-22(19)33/h1-3,10-11,15-16,19H,4-9,12-13,26H2,(H,29,32,33). The minimum absolute atomic E-state index is 0.180. The van der Waals surface area contributed by atoms with E-state index in [-0.39, 0.29) is 30.3 Å². The lowest BCUT2D eigenvalue weighted by Gasteiger charge is -2.36. The van der Waals surface area contributed by atoms with E-state index < -0.39 is 11.9 Å². The van der Waals surface area contributed by atoms with Crippen LogP contribution < -0.4 is 16.0 Å².